The van der Waals surface area contributed by atoms with Gasteiger partial charge >= 0.3 is 6.18 Å². The lowest BCUT2D eigenvalue weighted by Gasteiger charge is -2.12. The molecule has 32 heavy (non-hydrogen) atoms. The van der Waals surface area contributed by atoms with Crippen molar-refractivity contribution in [2.45, 2.75) is 33.0 Å². The Morgan fingerprint density at radius 2 is 1.84 bits per heavy atom. The lowest BCUT2D eigenvalue weighted by molar-refractivity contribution is -0.137. The largest absolute Gasteiger partial charge is 0.417 e. The van der Waals surface area contributed by atoms with E-state index >= 15 is 0 Å². The van der Waals surface area contributed by atoms with Crippen molar-refractivity contribution in [1.29, 1.82) is 0 Å². The first-order chi connectivity index (χ1) is 15.2. The van der Waals surface area contributed by atoms with Crippen molar-refractivity contribution in [2.24, 2.45) is 0 Å². The number of aromatic nitrogens is 1. The first-order valence-electron chi connectivity index (χ1n) is 9.97. The van der Waals surface area contributed by atoms with E-state index in [0.717, 1.165) is 17.9 Å². The number of aryl methyl sites for hydroxylation is 1. The van der Waals surface area contributed by atoms with Gasteiger partial charge in [0.1, 0.15) is 0 Å². The fourth-order valence-electron chi connectivity index (χ4n) is 3.07. The second-order valence-electron chi connectivity index (χ2n) is 6.61. The molecule has 172 valence electrons. The van der Waals surface area contributed by atoms with Crippen molar-refractivity contribution in [1.82, 2.24) is 4.57 Å². The van der Waals surface area contributed by atoms with E-state index in [2.05, 4.69) is 5.32 Å². The molecule has 1 aromatic heterocycles. The Balaban J connectivity index is 0.00000176. The van der Waals surface area contributed by atoms with Crippen LogP contribution in [0.3, 0.4) is 0 Å². The molecule has 3 aromatic rings. The van der Waals surface area contributed by atoms with Gasteiger partial charge in [-0.1, -0.05) is 37.6 Å². The smallest absolute Gasteiger partial charge is 0.325 e. The van der Waals surface area contributed by atoms with Crippen molar-refractivity contribution in [3.8, 4) is 0 Å². The summed E-state index contributed by atoms with van der Waals surface area (Å²) in [5, 5.41) is 3.31. The van der Waals surface area contributed by atoms with Gasteiger partial charge in [-0.3, -0.25) is 9.59 Å². The molecule has 0 aliphatic heterocycles. The van der Waals surface area contributed by atoms with Gasteiger partial charge in [0.2, 0.25) is 5.91 Å². The van der Waals surface area contributed by atoms with Crippen LogP contribution in [0.4, 0.5) is 18.9 Å². The second kappa shape index (κ2) is 11.4. The average Bonchev–Trinajstić information content (AvgIpc) is 2.76. The first-order valence-corrected chi connectivity index (χ1v) is 11.7. The molecular weight excluding hydrogens is 461 g/mol. The summed E-state index contributed by atoms with van der Waals surface area (Å²) in [6.45, 7) is 4.57. The Bertz CT molecular complexity index is 1150. The molecule has 0 aliphatic carbocycles. The molecule has 0 atom stereocenters. The molecule has 0 spiro atoms. The van der Waals surface area contributed by atoms with Crippen LogP contribution >= 0.6 is 23.4 Å². The van der Waals surface area contributed by atoms with E-state index in [-0.39, 0.29) is 17.5 Å². The molecule has 0 radical (unpaired) electrons. The minimum atomic E-state index is -4.60. The van der Waals surface area contributed by atoms with Crippen LogP contribution in [0, 0.1) is 0 Å². The number of alkyl halides is 3. The zero-order chi connectivity index (χ0) is 23.9. The van der Waals surface area contributed by atoms with Crippen LogP contribution in [-0.4, -0.2) is 22.5 Å². The molecule has 3 rings (SSSR count). The van der Waals surface area contributed by atoms with E-state index in [9.17, 15) is 22.8 Å². The van der Waals surface area contributed by atoms with Crippen molar-refractivity contribution < 1.29 is 18.0 Å². The van der Waals surface area contributed by atoms with Crippen molar-refractivity contribution in [3.63, 3.8) is 0 Å². The molecule has 1 heterocycles. The number of benzene rings is 2. The summed E-state index contributed by atoms with van der Waals surface area (Å²) in [6, 6.07) is 10.1. The first kappa shape index (κ1) is 25.8. The van der Waals surface area contributed by atoms with Crippen LogP contribution in [0.2, 0.25) is 5.02 Å². The Morgan fingerprint density at radius 3 is 2.50 bits per heavy atom. The number of anilines is 1. The predicted octanol–water partition coefficient (Wildman–Crippen LogP) is 6.24. The number of rotatable bonds is 6. The molecule has 1 amide bonds. The molecule has 0 aliphatic rings. The Labute approximate surface area is 193 Å². The normalized spacial score (nSPS) is 11.1. The van der Waals surface area contributed by atoms with Crippen LogP contribution in [0.5, 0.6) is 0 Å². The molecule has 9 heteroatoms. The molecule has 0 bridgehead atoms. The summed E-state index contributed by atoms with van der Waals surface area (Å²) < 4.78 is 40.7. The van der Waals surface area contributed by atoms with E-state index in [4.69, 9.17) is 11.6 Å². The summed E-state index contributed by atoms with van der Waals surface area (Å²) >= 11 is 7.25. The lowest BCUT2D eigenvalue weighted by atomic mass is 10.1. The summed E-state index contributed by atoms with van der Waals surface area (Å²) in [7, 11) is 0. The highest BCUT2D eigenvalue weighted by atomic mass is 35.5. The van der Waals surface area contributed by atoms with E-state index in [1.807, 2.05) is 20.1 Å². The third kappa shape index (κ3) is 6.29. The summed E-state index contributed by atoms with van der Waals surface area (Å²) in [5.41, 5.74) is -0.531. The lowest BCUT2D eigenvalue weighted by Crippen LogP contribution is -2.21. The van der Waals surface area contributed by atoms with Gasteiger partial charge in [0, 0.05) is 35.0 Å². The van der Waals surface area contributed by atoms with Crippen molar-refractivity contribution >= 4 is 45.7 Å². The van der Waals surface area contributed by atoms with Gasteiger partial charge in [0.05, 0.1) is 17.0 Å². The van der Waals surface area contributed by atoms with E-state index in [0.29, 0.717) is 23.0 Å². The molecule has 2 aromatic carbocycles. The topological polar surface area (TPSA) is 51.1 Å². The number of amides is 1. The molecular formula is C23H24ClF3N2O2S. The SMILES string of the molecule is CC.CSCCn1ccc2c(NC(=O)Cc3ccc(Cl)c(C(F)(F)F)c3)cccc2c1=O. The Morgan fingerprint density at radius 1 is 1.12 bits per heavy atom. The number of hydrogen-bond donors (Lipinski definition) is 1. The number of carbonyl (C=O) groups excluding carboxylic acids is 1. The molecule has 0 saturated carbocycles. The van der Waals surface area contributed by atoms with Crippen LogP contribution in [0.25, 0.3) is 10.8 Å². The zero-order valence-electron chi connectivity index (χ0n) is 17.9. The highest BCUT2D eigenvalue weighted by Crippen LogP contribution is 2.35. The number of carbonyl (C=O) groups is 1. The summed E-state index contributed by atoms with van der Waals surface area (Å²) in [4.78, 5) is 25.1. The van der Waals surface area contributed by atoms with Gasteiger partial charge < -0.3 is 9.88 Å². The quantitative estimate of drug-likeness (QED) is 0.450. The number of nitrogens with zero attached hydrogens (tertiary/aromatic N) is 1. The average molecular weight is 485 g/mol. The molecule has 4 nitrogen and oxygen atoms in total. The highest BCUT2D eigenvalue weighted by Gasteiger charge is 2.33. The maximum atomic E-state index is 13.0. The van der Waals surface area contributed by atoms with Crippen LogP contribution in [0.15, 0.2) is 53.5 Å². The van der Waals surface area contributed by atoms with Gasteiger partial charge in [-0.2, -0.15) is 24.9 Å². The number of halogens is 4. The van der Waals surface area contributed by atoms with Gasteiger partial charge in [0.15, 0.2) is 0 Å². The molecule has 0 fully saturated rings. The number of pyridine rings is 1. The van der Waals surface area contributed by atoms with Crippen molar-refractivity contribution in [3.05, 3.63) is 75.2 Å². The maximum absolute atomic E-state index is 13.0. The standard InChI is InChI=1S/C21H18ClF3N2O2S.C2H6/c1-30-10-9-27-8-7-14-15(20(27)29)3-2-4-18(14)26-19(28)12-13-5-6-17(22)16(11-13)21(23,24)25;1-2/h2-8,11H,9-10,12H2,1H3,(H,26,28);1-2H3. The van der Waals surface area contributed by atoms with Gasteiger partial charge in [-0.15, -0.1) is 0 Å². The number of fused-ring (bicyclic) bond motifs is 1. The Kier molecular flexibility index (Phi) is 9.21. The summed E-state index contributed by atoms with van der Waals surface area (Å²) in [6.07, 6.45) is -1.24. The number of hydrogen-bond acceptors (Lipinski definition) is 3. The van der Waals surface area contributed by atoms with Gasteiger partial charge in [0.25, 0.3) is 5.56 Å². The zero-order valence-corrected chi connectivity index (χ0v) is 19.5. The highest BCUT2D eigenvalue weighted by molar-refractivity contribution is 7.98. The van der Waals surface area contributed by atoms with Crippen LogP contribution < -0.4 is 10.9 Å². The van der Waals surface area contributed by atoms with E-state index in [1.165, 1.54) is 6.07 Å². The fourth-order valence-corrected chi connectivity index (χ4v) is 3.68. The maximum Gasteiger partial charge on any atom is 0.417 e. The summed E-state index contributed by atoms with van der Waals surface area (Å²) in [5.74, 6) is 0.299. The fraction of sp³-hybridized carbons (Fsp3) is 0.304. The van der Waals surface area contributed by atoms with Crippen LogP contribution in [-0.2, 0) is 23.9 Å². The third-order valence-corrected chi connectivity index (χ3v) is 5.45. The monoisotopic (exact) mass is 484 g/mol. The van der Waals surface area contributed by atoms with Gasteiger partial charge in [-0.25, -0.2) is 0 Å². The minimum absolute atomic E-state index is 0.162. The van der Waals surface area contributed by atoms with E-state index < -0.39 is 22.7 Å². The van der Waals surface area contributed by atoms with Gasteiger partial charge in [-0.05, 0) is 42.2 Å². The minimum Gasteiger partial charge on any atom is -0.325 e. The Hall–Kier alpha value is -2.45. The number of thioether (sulfide) groups is 1. The second-order valence-corrected chi connectivity index (χ2v) is 8.00. The molecule has 0 saturated heterocycles. The number of nitrogens with one attached hydrogen (secondary N) is 1. The predicted molar refractivity (Wildman–Crippen MR) is 127 cm³/mol. The van der Waals surface area contributed by atoms with E-state index in [1.54, 1.807) is 46.8 Å². The molecule has 1 N–H and O–H groups in total. The van der Waals surface area contributed by atoms with Crippen LogP contribution in [0.1, 0.15) is 25.0 Å². The molecule has 0 unspecified atom stereocenters. The van der Waals surface area contributed by atoms with Crippen molar-refractivity contribution in [2.75, 3.05) is 17.3 Å². The third-order valence-electron chi connectivity index (χ3n) is 4.53.